The number of carbonyl (C=O) groups is 1. The van der Waals surface area contributed by atoms with Crippen molar-refractivity contribution < 1.29 is 4.79 Å². The normalized spacial score (nSPS) is 31.1. The number of nitrogens with zero attached hydrogens (tertiary/aromatic N) is 1. The summed E-state index contributed by atoms with van der Waals surface area (Å²) >= 11 is 1.62. The van der Waals surface area contributed by atoms with Gasteiger partial charge in [0.2, 0.25) is 5.91 Å². The highest BCUT2D eigenvalue weighted by molar-refractivity contribution is 7.14. The van der Waals surface area contributed by atoms with Crippen LogP contribution in [0.5, 0.6) is 0 Å². The van der Waals surface area contributed by atoms with Gasteiger partial charge in [-0.15, -0.1) is 11.3 Å². The molecule has 0 saturated heterocycles. The van der Waals surface area contributed by atoms with E-state index in [1.807, 2.05) is 12.1 Å². The molecule has 1 heterocycles. The lowest BCUT2D eigenvalue weighted by atomic mass is 9.49. The van der Waals surface area contributed by atoms with E-state index in [4.69, 9.17) is 0 Å². The van der Waals surface area contributed by atoms with Crippen molar-refractivity contribution >= 4 is 28.1 Å². The number of aromatic nitrogens is 1. The predicted octanol–water partition coefficient (Wildman–Crippen LogP) is 5.40. The Kier molecular flexibility index (Phi) is 4.23. The Morgan fingerprint density at radius 1 is 1.11 bits per heavy atom. The third-order valence-corrected chi connectivity index (χ3v) is 7.59. The van der Waals surface area contributed by atoms with Crippen LogP contribution in [0.25, 0.3) is 11.3 Å². The Balaban J connectivity index is 1.29. The van der Waals surface area contributed by atoms with Gasteiger partial charge in [-0.25, -0.2) is 4.98 Å². The molecule has 4 nitrogen and oxygen atoms in total. The third-order valence-electron chi connectivity index (χ3n) is 6.79. The molecule has 1 aromatic carbocycles. The first-order valence-electron chi connectivity index (χ1n) is 10.2. The molecule has 1 amide bonds. The minimum absolute atomic E-state index is 0.0942. The van der Waals surface area contributed by atoms with Gasteiger partial charge in [-0.2, -0.15) is 0 Å². The van der Waals surface area contributed by atoms with E-state index in [0.29, 0.717) is 0 Å². The predicted molar refractivity (Wildman–Crippen MR) is 111 cm³/mol. The van der Waals surface area contributed by atoms with Crippen LogP contribution in [0, 0.1) is 23.2 Å². The lowest BCUT2D eigenvalue weighted by Gasteiger charge is -2.55. The molecule has 5 heteroatoms. The van der Waals surface area contributed by atoms with Crippen LogP contribution in [0.1, 0.15) is 45.4 Å². The summed E-state index contributed by atoms with van der Waals surface area (Å²) in [5.41, 5.74) is 2.88. The van der Waals surface area contributed by atoms with Crippen molar-refractivity contribution in [2.45, 2.75) is 45.4 Å². The Labute approximate surface area is 164 Å². The minimum atomic E-state index is -0.0942. The largest absolute Gasteiger partial charge is 0.362 e. The van der Waals surface area contributed by atoms with E-state index in [0.717, 1.165) is 65.6 Å². The maximum Gasteiger partial charge on any atom is 0.230 e. The molecule has 142 valence electrons. The number of anilines is 2. The molecule has 4 bridgehead atoms. The molecule has 1 aromatic heterocycles. The van der Waals surface area contributed by atoms with Gasteiger partial charge in [-0.1, -0.05) is 12.1 Å². The van der Waals surface area contributed by atoms with E-state index in [1.54, 1.807) is 11.3 Å². The first-order chi connectivity index (χ1) is 13.1. The molecule has 2 N–H and O–H groups in total. The topological polar surface area (TPSA) is 54.0 Å². The maximum absolute atomic E-state index is 13.2. The summed E-state index contributed by atoms with van der Waals surface area (Å²) in [4.78, 5) is 17.8. The number of nitrogens with one attached hydrogen (secondary N) is 2. The van der Waals surface area contributed by atoms with Crippen molar-refractivity contribution in [2.24, 2.45) is 23.2 Å². The molecule has 27 heavy (non-hydrogen) atoms. The van der Waals surface area contributed by atoms with Gasteiger partial charge in [0, 0.05) is 23.2 Å². The van der Waals surface area contributed by atoms with Gasteiger partial charge in [0.1, 0.15) is 0 Å². The van der Waals surface area contributed by atoms with Crippen LogP contribution in [0.3, 0.4) is 0 Å². The van der Waals surface area contributed by atoms with E-state index in [-0.39, 0.29) is 11.3 Å². The zero-order valence-corrected chi connectivity index (χ0v) is 16.6. The van der Waals surface area contributed by atoms with Crippen LogP contribution < -0.4 is 10.6 Å². The van der Waals surface area contributed by atoms with Gasteiger partial charge < -0.3 is 10.6 Å². The second-order valence-corrected chi connectivity index (χ2v) is 9.66. The third kappa shape index (κ3) is 3.16. The highest BCUT2D eigenvalue weighted by Gasteiger charge is 2.54. The fourth-order valence-corrected chi connectivity index (χ4v) is 6.81. The van der Waals surface area contributed by atoms with Crippen molar-refractivity contribution in [1.82, 2.24) is 4.98 Å². The first kappa shape index (κ1) is 17.2. The van der Waals surface area contributed by atoms with E-state index < -0.39 is 0 Å². The molecule has 0 aliphatic heterocycles. The molecule has 4 fully saturated rings. The fourth-order valence-electron chi connectivity index (χ4n) is 6.02. The summed E-state index contributed by atoms with van der Waals surface area (Å²) in [6, 6.07) is 8.14. The van der Waals surface area contributed by atoms with Crippen molar-refractivity contribution in [3.8, 4) is 11.3 Å². The molecule has 4 aliphatic carbocycles. The molecular formula is C22H27N3OS. The summed E-state index contributed by atoms with van der Waals surface area (Å²) in [6.45, 7) is 2.95. The van der Waals surface area contributed by atoms with Crippen LogP contribution in [0.2, 0.25) is 0 Å². The van der Waals surface area contributed by atoms with Crippen LogP contribution in [-0.4, -0.2) is 17.4 Å². The number of carbonyl (C=O) groups excluding carboxylic acids is 1. The van der Waals surface area contributed by atoms with E-state index >= 15 is 0 Å². The molecule has 6 rings (SSSR count). The highest BCUT2D eigenvalue weighted by Crippen LogP contribution is 2.60. The molecule has 0 atom stereocenters. The number of hydrogen-bond acceptors (Lipinski definition) is 4. The molecule has 0 radical (unpaired) electrons. The Morgan fingerprint density at radius 2 is 1.74 bits per heavy atom. The van der Waals surface area contributed by atoms with Crippen LogP contribution in [0.15, 0.2) is 29.6 Å². The summed E-state index contributed by atoms with van der Waals surface area (Å²) in [5.74, 6) is 2.64. The Hall–Kier alpha value is -1.88. The average Bonchev–Trinajstić information content (AvgIpc) is 3.10. The number of hydrogen-bond donors (Lipinski definition) is 2. The van der Waals surface area contributed by atoms with E-state index in [9.17, 15) is 4.79 Å². The monoisotopic (exact) mass is 381 g/mol. The fraction of sp³-hybridized carbons (Fsp3) is 0.545. The van der Waals surface area contributed by atoms with Crippen molar-refractivity contribution in [2.75, 3.05) is 17.2 Å². The van der Waals surface area contributed by atoms with Gasteiger partial charge in [0.25, 0.3) is 0 Å². The van der Waals surface area contributed by atoms with Gasteiger partial charge in [-0.05, 0) is 75.3 Å². The van der Waals surface area contributed by atoms with Crippen LogP contribution in [-0.2, 0) is 4.79 Å². The maximum atomic E-state index is 13.2. The highest BCUT2D eigenvalue weighted by atomic mass is 32.1. The lowest BCUT2D eigenvalue weighted by molar-refractivity contribution is -0.140. The quantitative estimate of drug-likeness (QED) is 0.729. The molecule has 2 aromatic rings. The second kappa shape index (κ2) is 6.62. The van der Waals surface area contributed by atoms with Crippen molar-refractivity contribution in [3.63, 3.8) is 0 Å². The van der Waals surface area contributed by atoms with Gasteiger partial charge in [0.15, 0.2) is 5.13 Å². The van der Waals surface area contributed by atoms with Crippen molar-refractivity contribution in [3.05, 3.63) is 29.6 Å². The summed E-state index contributed by atoms with van der Waals surface area (Å²) in [7, 11) is 0. The van der Waals surface area contributed by atoms with Crippen LogP contribution in [0.4, 0.5) is 10.8 Å². The molecular weight excluding hydrogens is 354 g/mol. The Morgan fingerprint density at radius 3 is 2.33 bits per heavy atom. The SMILES string of the molecule is CCNc1nc(-c2ccc(NC(=O)C34CC5CC(CC(C5)C3)C4)cc2)cs1. The zero-order chi connectivity index (χ0) is 18.4. The lowest BCUT2D eigenvalue weighted by Crippen LogP contribution is -2.51. The number of amides is 1. The molecule has 4 saturated carbocycles. The summed E-state index contributed by atoms with van der Waals surface area (Å²) < 4.78 is 0. The number of rotatable bonds is 5. The molecule has 4 aliphatic rings. The van der Waals surface area contributed by atoms with E-state index in [2.05, 4.69) is 40.1 Å². The smallest absolute Gasteiger partial charge is 0.230 e. The number of benzene rings is 1. The van der Waals surface area contributed by atoms with E-state index in [1.165, 1.54) is 19.3 Å². The molecule has 0 unspecified atom stereocenters. The summed E-state index contributed by atoms with van der Waals surface area (Å²) in [6.07, 6.45) is 7.41. The standard InChI is InChI=1S/C22H27N3OS/c1-2-23-21-25-19(13-27-21)17-3-5-18(6-4-17)24-20(26)22-10-14-7-15(11-22)9-16(8-14)12-22/h3-6,13-16H,2,7-12H2,1H3,(H,23,25)(H,24,26). The average molecular weight is 382 g/mol. The van der Waals surface area contributed by atoms with Gasteiger partial charge >= 0.3 is 0 Å². The van der Waals surface area contributed by atoms with Crippen molar-refractivity contribution in [1.29, 1.82) is 0 Å². The Bertz CT molecular complexity index is 806. The van der Waals surface area contributed by atoms with Gasteiger partial charge in [0.05, 0.1) is 11.1 Å². The van der Waals surface area contributed by atoms with Gasteiger partial charge in [-0.3, -0.25) is 4.79 Å². The molecule has 0 spiro atoms. The summed E-state index contributed by atoms with van der Waals surface area (Å²) in [5, 5.41) is 9.50. The first-order valence-corrected chi connectivity index (χ1v) is 11.1. The minimum Gasteiger partial charge on any atom is -0.362 e. The second-order valence-electron chi connectivity index (χ2n) is 8.80. The van der Waals surface area contributed by atoms with Crippen LogP contribution >= 0.6 is 11.3 Å². The zero-order valence-electron chi connectivity index (χ0n) is 15.8. The number of thiazole rings is 1.